The van der Waals surface area contributed by atoms with Crippen LogP contribution in [-0.4, -0.2) is 12.6 Å². The molecule has 0 radical (unpaired) electrons. The van der Waals surface area contributed by atoms with E-state index in [0.717, 1.165) is 25.7 Å². The quantitative estimate of drug-likeness (QED) is 0.228. The summed E-state index contributed by atoms with van der Waals surface area (Å²) in [5.74, 6) is -0.0279. The lowest BCUT2D eigenvalue weighted by molar-refractivity contribution is -0.143. The normalized spacial score (nSPS) is 11.1. The molecule has 0 spiro atoms. The van der Waals surface area contributed by atoms with Gasteiger partial charge in [0, 0.05) is 6.42 Å². The molecule has 0 amide bonds. The Labute approximate surface area is 126 Å². The molecule has 20 heavy (non-hydrogen) atoms. The fourth-order valence-electron chi connectivity index (χ4n) is 2.11. The predicted molar refractivity (Wildman–Crippen MR) is 86.9 cm³/mol. The minimum Gasteiger partial charge on any atom is -0.465 e. The third-order valence-electron chi connectivity index (χ3n) is 3.42. The Bertz CT molecular complexity index is 234. The van der Waals surface area contributed by atoms with E-state index in [2.05, 4.69) is 26.0 Å². The fourth-order valence-corrected chi connectivity index (χ4v) is 2.11. The van der Waals surface area contributed by atoms with Crippen LogP contribution in [0.25, 0.3) is 0 Å². The summed E-state index contributed by atoms with van der Waals surface area (Å²) >= 11 is 0. The number of allylic oxidation sites excluding steroid dienone is 1. The molecule has 0 atom stereocenters. The molecule has 0 saturated heterocycles. The highest BCUT2D eigenvalue weighted by atomic mass is 16.5. The zero-order valence-electron chi connectivity index (χ0n) is 13.7. The maximum absolute atomic E-state index is 11.5. The first-order valence-electron chi connectivity index (χ1n) is 8.61. The van der Waals surface area contributed by atoms with E-state index < -0.39 is 0 Å². The number of ether oxygens (including phenoxy) is 1. The topological polar surface area (TPSA) is 26.3 Å². The van der Waals surface area contributed by atoms with Gasteiger partial charge in [0.05, 0.1) is 6.61 Å². The molecule has 0 aliphatic carbocycles. The van der Waals surface area contributed by atoms with Crippen LogP contribution in [-0.2, 0) is 9.53 Å². The van der Waals surface area contributed by atoms with Crippen LogP contribution in [0.3, 0.4) is 0 Å². The Morgan fingerprint density at radius 1 is 0.800 bits per heavy atom. The second kappa shape index (κ2) is 16.3. The van der Waals surface area contributed by atoms with Gasteiger partial charge in [0.1, 0.15) is 0 Å². The monoisotopic (exact) mass is 282 g/mol. The largest absolute Gasteiger partial charge is 0.465 e. The smallest absolute Gasteiger partial charge is 0.305 e. The van der Waals surface area contributed by atoms with E-state index >= 15 is 0 Å². The lowest BCUT2D eigenvalue weighted by Crippen LogP contribution is -2.04. The van der Waals surface area contributed by atoms with E-state index in [1.807, 2.05) is 0 Å². The number of carbonyl (C=O) groups is 1. The van der Waals surface area contributed by atoms with Gasteiger partial charge < -0.3 is 4.74 Å². The molecule has 2 nitrogen and oxygen atoms in total. The molecule has 0 rings (SSSR count). The average Bonchev–Trinajstić information content (AvgIpc) is 2.45. The highest BCUT2D eigenvalue weighted by Gasteiger charge is 2.01. The Hall–Kier alpha value is -0.790. The number of carbonyl (C=O) groups excluding carboxylic acids is 1. The molecule has 2 heteroatoms. The molecule has 118 valence electrons. The van der Waals surface area contributed by atoms with Crippen LogP contribution in [0, 0.1) is 0 Å². The summed E-state index contributed by atoms with van der Waals surface area (Å²) in [7, 11) is 0. The molecule has 0 aromatic rings. The zero-order valence-corrected chi connectivity index (χ0v) is 13.7. The van der Waals surface area contributed by atoms with Gasteiger partial charge in [-0.1, -0.05) is 70.9 Å². The fraction of sp³-hybridized carbons (Fsp3) is 0.833. The van der Waals surface area contributed by atoms with Crippen molar-refractivity contribution in [2.24, 2.45) is 0 Å². The van der Waals surface area contributed by atoms with E-state index in [9.17, 15) is 4.79 Å². The van der Waals surface area contributed by atoms with Crippen molar-refractivity contribution < 1.29 is 9.53 Å². The van der Waals surface area contributed by atoms with Crippen molar-refractivity contribution in [2.75, 3.05) is 6.61 Å². The third-order valence-corrected chi connectivity index (χ3v) is 3.42. The van der Waals surface area contributed by atoms with Crippen LogP contribution >= 0.6 is 0 Å². The third kappa shape index (κ3) is 15.3. The molecular formula is C18H34O2. The van der Waals surface area contributed by atoms with Crippen LogP contribution in [0.5, 0.6) is 0 Å². The highest BCUT2D eigenvalue weighted by Crippen LogP contribution is 2.07. The van der Waals surface area contributed by atoms with Crippen LogP contribution in [0.2, 0.25) is 0 Å². The number of hydrogen-bond donors (Lipinski definition) is 0. The van der Waals surface area contributed by atoms with Gasteiger partial charge in [0.2, 0.25) is 0 Å². The van der Waals surface area contributed by atoms with Gasteiger partial charge in [-0.05, 0) is 25.7 Å². The van der Waals surface area contributed by atoms with E-state index in [-0.39, 0.29) is 5.97 Å². The second-order valence-electron chi connectivity index (χ2n) is 5.49. The standard InChI is InChI=1S/C18H34O2/c1-3-5-7-9-11-13-15-17-20-18(19)16-14-12-10-8-6-4-2/h11,13H,3-10,12,14-17H2,1-2H3. The first kappa shape index (κ1) is 19.2. The molecule has 0 fully saturated rings. The molecule has 0 aromatic heterocycles. The van der Waals surface area contributed by atoms with Gasteiger partial charge in [-0.15, -0.1) is 0 Å². The summed E-state index contributed by atoms with van der Waals surface area (Å²) in [6.07, 6.45) is 18.1. The van der Waals surface area contributed by atoms with E-state index in [1.165, 1.54) is 44.9 Å². The predicted octanol–water partition coefficient (Wildman–Crippen LogP) is 5.81. The van der Waals surface area contributed by atoms with Crippen molar-refractivity contribution in [3.63, 3.8) is 0 Å². The number of esters is 1. The minimum atomic E-state index is -0.0279. The van der Waals surface area contributed by atoms with Crippen molar-refractivity contribution >= 4 is 5.97 Å². The number of unbranched alkanes of at least 4 members (excludes halogenated alkanes) is 8. The summed E-state index contributed by atoms with van der Waals surface area (Å²) in [4.78, 5) is 11.5. The Morgan fingerprint density at radius 3 is 2.15 bits per heavy atom. The molecular weight excluding hydrogens is 248 g/mol. The van der Waals surface area contributed by atoms with Crippen molar-refractivity contribution in [3.8, 4) is 0 Å². The molecule has 0 bridgehead atoms. The number of hydrogen-bond acceptors (Lipinski definition) is 2. The second-order valence-corrected chi connectivity index (χ2v) is 5.49. The summed E-state index contributed by atoms with van der Waals surface area (Å²) in [5.41, 5.74) is 0. The zero-order chi connectivity index (χ0) is 14.9. The summed E-state index contributed by atoms with van der Waals surface area (Å²) < 4.78 is 5.21. The van der Waals surface area contributed by atoms with Crippen LogP contribution in [0.1, 0.15) is 90.9 Å². The Kier molecular flexibility index (Phi) is 15.6. The van der Waals surface area contributed by atoms with E-state index in [4.69, 9.17) is 4.74 Å². The summed E-state index contributed by atoms with van der Waals surface area (Å²) in [6, 6.07) is 0. The first-order valence-corrected chi connectivity index (χ1v) is 8.61. The van der Waals surface area contributed by atoms with Crippen molar-refractivity contribution in [2.45, 2.75) is 90.9 Å². The maximum Gasteiger partial charge on any atom is 0.305 e. The van der Waals surface area contributed by atoms with E-state index in [1.54, 1.807) is 0 Å². The van der Waals surface area contributed by atoms with Gasteiger partial charge in [0.15, 0.2) is 0 Å². The molecule has 0 aromatic carbocycles. The average molecular weight is 282 g/mol. The molecule has 0 heterocycles. The summed E-state index contributed by atoms with van der Waals surface area (Å²) in [5, 5.41) is 0. The van der Waals surface area contributed by atoms with Crippen molar-refractivity contribution in [1.82, 2.24) is 0 Å². The van der Waals surface area contributed by atoms with Gasteiger partial charge in [-0.25, -0.2) is 0 Å². The molecule has 0 aliphatic rings. The lowest BCUT2D eigenvalue weighted by atomic mass is 10.1. The van der Waals surface area contributed by atoms with Gasteiger partial charge in [-0.3, -0.25) is 4.79 Å². The molecule has 0 N–H and O–H groups in total. The lowest BCUT2D eigenvalue weighted by Gasteiger charge is -2.03. The van der Waals surface area contributed by atoms with Crippen LogP contribution in [0.15, 0.2) is 12.2 Å². The molecule has 0 unspecified atom stereocenters. The van der Waals surface area contributed by atoms with Gasteiger partial charge in [0.25, 0.3) is 0 Å². The van der Waals surface area contributed by atoms with Gasteiger partial charge in [-0.2, -0.15) is 0 Å². The Morgan fingerprint density at radius 2 is 1.40 bits per heavy atom. The van der Waals surface area contributed by atoms with E-state index in [0.29, 0.717) is 13.0 Å². The minimum absolute atomic E-state index is 0.0279. The van der Waals surface area contributed by atoms with Crippen molar-refractivity contribution in [3.05, 3.63) is 12.2 Å². The SMILES string of the molecule is CCCCCC=CCCOC(=O)CCCCCCCC. The Balaban J connectivity index is 3.24. The molecule has 0 aliphatic heterocycles. The van der Waals surface area contributed by atoms with Crippen LogP contribution < -0.4 is 0 Å². The maximum atomic E-state index is 11.5. The molecule has 0 saturated carbocycles. The number of rotatable bonds is 14. The summed E-state index contributed by atoms with van der Waals surface area (Å²) in [6.45, 7) is 4.97. The van der Waals surface area contributed by atoms with Crippen LogP contribution in [0.4, 0.5) is 0 Å². The first-order chi connectivity index (χ1) is 9.81. The van der Waals surface area contributed by atoms with Gasteiger partial charge >= 0.3 is 5.97 Å². The highest BCUT2D eigenvalue weighted by molar-refractivity contribution is 5.69. The van der Waals surface area contributed by atoms with Crippen molar-refractivity contribution in [1.29, 1.82) is 0 Å².